The van der Waals surface area contributed by atoms with Crippen molar-refractivity contribution < 1.29 is 19.1 Å². The van der Waals surface area contributed by atoms with E-state index in [1.165, 1.54) is 6.92 Å². The molecule has 0 saturated carbocycles. The van der Waals surface area contributed by atoms with E-state index in [2.05, 4.69) is 5.32 Å². The maximum atomic E-state index is 11.8. The van der Waals surface area contributed by atoms with E-state index in [-0.39, 0.29) is 12.3 Å². The third-order valence-corrected chi connectivity index (χ3v) is 3.44. The summed E-state index contributed by atoms with van der Waals surface area (Å²) in [5.74, 6) is -1.39. The number of carbonyl (C=O) groups excluding carboxylic acids is 1. The van der Waals surface area contributed by atoms with Crippen LogP contribution in [0.3, 0.4) is 0 Å². The highest BCUT2D eigenvalue weighted by molar-refractivity contribution is 5.91. The minimum absolute atomic E-state index is 0.104. The lowest BCUT2D eigenvalue weighted by Gasteiger charge is -2.08. The third kappa shape index (κ3) is 2.66. The summed E-state index contributed by atoms with van der Waals surface area (Å²) in [6, 6.07) is 3.00. The summed E-state index contributed by atoms with van der Waals surface area (Å²) >= 11 is 0. The van der Waals surface area contributed by atoms with Crippen molar-refractivity contribution in [2.45, 2.75) is 33.2 Å². The fourth-order valence-electron chi connectivity index (χ4n) is 2.05. The number of nitrogens with one attached hydrogen (secondary N) is 1. The zero-order valence-corrected chi connectivity index (χ0v) is 11.7. The van der Waals surface area contributed by atoms with Gasteiger partial charge >= 0.3 is 5.97 Å². The molecule has 2 aromatic rings. The van der Waals surface area contributed by atoms with Gasteiger partial charge in [-0.05, 0) is 31.9 Å². The van der Waals surface area contributed by atoms with Crippen LogP contribution in [0.2, 0.25) is 0 Å². The van der Waals surface area contributed by atoms with Crippen LogP contribution in [0.5, 0.6) is 0 Å². The lowest BCUT2D eigenvalue weighted by atomic mass is 10.0. The van der Waals surface area contributed by atoms with Crippen molar-refractivity contribution in [2.24, 2.45) is 0 Å². The molecule has 0 spiro atoms. The summed E-state index contributed by atoms with van der Waals surface area (Å²) in [6.45, 7) is 5.40. The first-order valence-corrected chi connectivity index (χ1v) is 6.38. The summed E-state index contributed by atoms with van der Waals surface area (Å²) in [5, 5.41) is 12.1. The smallest absolute Gasteiger partial charge is 0.325 e. The number of aryl methyl sites for hydroxylation is 2. The summed E-state index contributed by atoms with van der Waals surface area (Å²) in [6.07, 6.45) is 1.66. The molecule has 0 aliphatic rings. The molecule has 5 nitrogen and oxygen atoms in total. The van der Waals surface area contributed by atoms with Crippen molar-refractivity contribution in [1.82, 2.24) is 5.32 Å². The van der Waals surface area contributed by atoms with Crippen LogP contribution in [0.1, 0.15) is 23.6 Å². The molecule has 1 heterocycles. The molecule has 20 heavy (non-hydrogen) atoms. The maximum absolute atomic E-state index is 11.8. The van der Waals surface area contributed by atoms with Gasteiger partial charge in [0, 0.05) is 10.9 Å². The van der Waals surface area contributed by atoms with Gasteiger partial charge in [0.1, 0.15) is 11.6 Å². The van der Waals surface area contributed by atoms with Crippen molar-refractivity contribution in [2.75, 3.05) is 0 Å². The second-order valence-corrected chi connectivity index (χ2v) is 4.95. The molecule has 106 valence electrons. The first kappa shape index (κ1) is 14.1. The van der Waals surface area contributed by atoms with Gasteiger partial charge in [0.15, 0.2) is 0 Å². The van der Waals surface area contributed by atoms with Crippen LogP contribution in [-0.2, 0) is 16.0 Å². The van der Waals surface area contributed by atoms with Crippen LogP contribution in [0.4, 0.5) is 0 Å². The average Bonchev–Trinajstić information content (AvgIpc) is 2.77. The Morgan fingerprint density at radius 3 is 2.70 bits per heavy atom. The van der Waals surface area contributed by atoms with Gasteiger partial charge in [-0.15, -0.1) is 0 Å². The minimum atomic E-state index is -1.05. The van der Waals surface area contributed by atoms with Gasteiger partial charge in [0.25, 0.3) is 0 Å². The highest BCUT2D eigenvalue weighted by Crippen LogP contribution is 2.26. The molecule has 0 bridgehead atoms. The van der Waals surface area contributed by atoms with Crippen molar-refractivity contribution in [3.8, 4) is 0 Å². The van der Waals surface area contributed by atoms with E-state index < -0.39 is 12.0 Å². The third-order valence-electron chi connectivity index (χ3n) is 3.44. The van der Waals surface area contributed by atoms with Gasteiger partial charge in [0.05, 0.1) is 12.7 Å². The molecule has 2 N–H and O–H groups in total. The molecule has 1 atom stereocenters. The zero-order valence-electron chi connectivity index (χ0n) is 11.7. The number of fused-ring (bicyclic) bond motifs is 1. The SMILES string of the molecule is Cc1ccc2c(CC(=O)N[C@H](C)C(=O)O)coc2c1C. The minimum Gasteiger partial charge on any atom is -0.480 e. The van der Waals surface area contributed by atoms with E-state index in [0.29, 0.717) is 0 Å². The number of carboxylic acid groups (broad SMARTS) is 1. The Bertz CT molecular complexity index is 672. The van der Waals surface area contributed by atoms with E-state index in [9.17, 15) is 9.59 Å². The van der Waals surface area contributed by atoms with Crippen LogP contribution in [0.25, 0.3) is 11.0 Å². The Balaban J connectivity index is 2.21. The second kappa shape index (κ2) is 5.36. The Hall–Kier alpha value is -2.30. The Morgan fingerprint density at radius 2 is 2.05 bits per heavy atom. The number of carboxylic acids is 1. The maximum Gasteiger partial charge on any atom is 0.325 e. The van der Waals surface area contributed by atoms with E-state index in [1.54, 1.807) is 6.26 Å². The second-order valence-electron chi connectivity index (χ2n) is 4.95. The summed E-state index contributed by atoms with van der Waals surface area (Å²) in [7, 11) is 0. The molecule has 2 rings (SSSR count). The molecule has 0 radical (unpaired) electrons. The number of benzene rings is 1. The van der Waals surface area contributed by atoms with Crippen LogP contribution in [-0.4, -0.2) is 23.0 Å². The molecule has 5 heteroatoms. The fourth-order valence-corrected chi connectivity index (χ4v) is 2.05. The molecule has 0 fully saturated rings. The molecule has 1 amide bonds. The van der Waals surface area contributed by atoms with Crippen molar-refractivity contribution in [3.63, 3.8) is 0 Å². The lowest BCUT2D eigenvalue weighted by Crippen LogP contribution is -2.39. The Kier molecular flexibility index (Phi) is 3.79. The van der Waals surface area contributed by atoms with Gasteiger partial charge in [-0.3, -0.25) is 9.59 Å². The van der Waals surface area contributed by atoms with Crippen LogP contribution < -0.4 is 5.32 Å². The topological polar surface area (TPSA) is 79.5 Å². The average molecular weight is 275 g/mol. The van der Waals surface area contributed by atoms with Crippen LogP contribution in [0, 0.1) is 13.8 Å². The highest BCUT2D eigenvalue weighted by atomic mass is 16.4. The van der Waals surface area contributed by atoms with Gasteiger partial charge in [-0.2, -0.15) is 0 Å². The van der Waals surface area contributed by atoms with Crippen LogP contribution in [0.15, 0.2) is 22.8 Å². The van der Waals surface area contributed by atoms with E-state index in [1.807, 2.05) is 26.0 Å². The van der Waals surface area contributed by atoms with Crippen molar-refractivity contribution >= 4 is 22.8 Å². The fraction of sp³-hybridized carbons (Fsp3) is 0.333. The Labute approximate surface area is 116 Å². The molecular formula is C15H17NO4. The predicted molar refractivity (Wildman–Crippen MR) is 74.6 cm³/mol. The first-order valence-electron chi connectivity index (χ1n) is 6.38. The van der Waals surface area contributed by atoms with Crippen molar-refractivity contribution in [3.05, 3.63) is 35.1 Å². The molecule has 0 unspecified atom stereocenters. The van der Waals surface area contributed by atoms with Gasteiger partial charge in [-0.25, -0.2) is 0 Å². The van der Waals surface area contributed by atoms with Gasteiger partial charge in [-0.1, -0.05) is 12.1 Å². The van der Waals surface area contributed by atoms with E-state index >= 15 is 0 Å². The van der Waals surface area contributed by atoms with Crippen molar-refractivity contribution in [1.29, 1.82) is 0 Å². The number of hydrogen-bond donors (Lipinski definition) is 2. The zero-order chi connectivity index (χ0) is 14.9. The molecule has 1 aromatic heterocycles. The normalized spacial score (nSPS) is 12.3. The predicted octanol–water partition coefficient (Wildman–Crippen LogP) is 2.18. The molecule has 1 aromatic carbocycles. The first-order chi connectivity index (χ1) is 9.40. The van der Waals surface area contributed by atoms with Gasteiger partial charge in [0.2, 0.25) is 5.91 Å². The van der Waals surface area contributed by atoms with Gasteiger partial charge < -0.3 is 14.8 Å². The molecule has 0 aliphatic heterocycles. The van der Waals surface area contributed by atoms with Crippen LogP contribution >= 0.6 is 0 Å². The molecule has 0 saturated heterocycles. The molecule has 0 aliphatic carbocycles. The summed E-state index contributed by atoms with van der Waals surface area (Å²) in [4.78, 5) is 22.5. The Morgan fingerprint density at radius 1 is 1.35 bits per heavy atom. The number of furan rings is 1. The van der Waals surface area contributed by atoms with E-state index in [0.717, 1.165) is 27.7 Å². The number of amides is 1. The molecular weight excluding hydrogens is 258 g/mol. The largest absolute Gasteiger partial charge is 0.480 e. The quantitative estimate of drug-likeness (QED) is 0.896. The lowest BCUT2D eigenvalue weighted by molar-refractivity contribution is -0.141. The summed E-state index contributed by atoms with van der Waals surface area (Å²) < 4.78 is 5.52. The number of aliphatic carboxylic acids is 1. The summed E-state index contributed by atoms with van der Waals surface area (Å²) in [5.41, 5.74) is 3.72. The highest BCUT2D eigenvalue weighted by Gasteiger charge is 2.17. The van der Waals surface area contributed by atoms with E-state index in [4.69, 9.17) is 9.52 Å². The monoisotopic (exact) mass is 275 g/mol. The standard InChI is InChI=1S/C15H17NO4/c1-8-4-5-12-11(7-20-14(12)9(8)2)6-13(17)16-10(3)15(18)19/h4-5,7,10H,6H2,1-3H3,(H,16,17)(H,18,19)/t10-/m1/s1. The number of rotatable bonds is 4. The number of hydrogen-bond acceptors (Lipinski definition) is 3. The number of carbonyl (C=O) groups is 2.